The van der Waals surface area contributed by atoms with Crippen molar-refractivity contribution in [2.45, 2.75) is 75.6 Å². The van der Waals surface area contributed by atoms with E-state index < -0.39 is 10.0 Å². The molecule has 2 aromatic rings. The lowest BCUT2D eigenvalue weighted by molar-refractivity contribution is 0.465. The molecular formula is C20H28N4O2S. The maximum Gasteiger partial charge on any atom is 0.214 e. The van der Waals surface area contributed by atoms with Gasteiger partial charge in [0, 0.05) is 18.0 Å². The molecule has 7 heteroatoms. The molecular weight excluding hydrogens is 360 g/mol. The Labute approximate surface area is 161 Å². The molecule has 0 saturated heterocycles. The van der Waals surface area contributed by atoms with Crippen LogP contribution < -0.4 is 4.72 Å². The molecule has 2 aliphatic carbocycles. The van der Waals surface area contributed by atoms with Gasteiger partial charge < -0.3 is 0 Å². The molecule has 0 aliphatic heterocycles. The minimum atomic E-state index is -3.28. The van der Waals surface area contributed by atoms with Gasteiger partial charge in [-0.15, -0.1) is 0 Å². The average molecular weight is 389 g/mol. The van der Waals surface area contributed by atoms with E-state index in [-0.39, 0.29) is 11.8 Å². The number of hydrogen-bond donors (Lipinski definition) is 1. The summed E-state index contributed by atoms with van der Waals surface area (Å²) < 4.78 is 30.2. The molecule has 0 spiro atoms. The van der Waals surface area contributed by atoms with Gasteiger partial charge in [-0.25, -0.2) is 13.1 Å². The topological polar surface area (TPSA) is 76.9 Å². The SMILES string of the molecule is O=S(=O)(NCc1cc(-c2ccncc2)n(C2CCCC2)n1)C1CCCCC1. The fourth-order valence-electron chi connectivity index (χ4n) is 4.36. The normalized spacial score (nSPS) is 19.6. The Hall–Kier alpha value is -1.73. The van der Waals surface area contributed by atoms with E-state index in [0.717, 1.165) is 61.9 Å². The number of nitrogens with one attached hydrogen (secondary N) is 1. The number of sulfonamides is 1. The highest BCUT2D eigenvalue weighted by Crippen LogP contribution is 2.33. The summed E-state index contributed by atoms with van der Waals surface area (Å²) in [6, 6.07) is 6.39. The first-order chi connectivity index (χ1) is 13.1. The van der Waals surface area contributed by atoms with Crippen molar-refractivity contribution in [2.24, 2.45) is 0 Å². The zero-order valence-electron chi connectivity index (χ0n) is 15.7. The van der Waals surface area contributed by atoms with E-state index >= 15 is 0 Å². The third kappa shape index (κ3) is 4.24. The predicted molar refractivity (Wildman–Crippen MR) is 106 cm³/mol. The van der Waals surface area contributed by atoms with Crippen LogP contribution in [0.3, 0.4) is 0 Å². The molecule has 27 heavy (non-hydrogen) atoms. The van der Waals surface area contributed by atoms with Gasteiger partial charge in [-0.1, -0.05) is 32.1 Å². The zero-order valence-corrected chi connectivity index (χ0v) is 16.5. The maximum atomic E-state index is 12.6. The molecule has 2 aliphatic rings. The summed E-state index contributed by atoms with van der Waals surface area (Å²) in [5.41, 5.74) is 2.91. The lowest BCUT2D eigenvalue weighted by atomic mass is 10.0. The van der Waals surface area contributed by atoms with Crippen molar-refractivity contribution in [3.63, 3.8) is 0 Å². The van der Waals surface area contributed by atoms with Crippen molar-refractivity contribution in [2.75, 3.05) is 0 Å². The van der Waals surface area contributed by atoms with Gasteiger partial charge in [0.1, 0.15) is 0 Å². The number of rotatable bonds is 6. The molecule has 0 aromatic carbocycles. The van der Waals surface area contributed by atoms with Crippen LogP contribution in [0.5, 0.6) is 0 Å². The smallest absolute Gasteiger partial charge is 0.214 e. The van der Waals surface area contributed by atoms with E-state index in [4.69, 9.17) is 5.10 Å². The van der Waals surface area contributed by atoms with Crippen LogP contribution in [0.1, 0.15) is 69.5 Å². The summed E-state index contributed by atoms with van der Waals surface area (Å²) in [5, 5.41) is 4.54. The Balaban J connectivity index is 1.54. The summed E-state index contributed by atoms with van der Waals surface area (Å²) in [5.74, 6) is 0. The molecule has 4 rings (SSSR count). The van der Waals surface area contributed by atoms with Crippen molar-refractivity contribution < 1.29 is 8.42 Å². The van der Waals surface area contributed by atoms with Gasteiger partial charge in [-0.2, -0.15) is 5.10 Å². The number of nitrogens with zero attached hydrogens (tertiary/aromatic N) is 3. The Kier molecular flexibility index (Phi) is 5.59. The van der Waals surface area contributed by atoms with Gasteiger partial charge in [0.25, 0.3) is 0 Å². The van der Waals surface area contributed by atoms with Crippen LogP contribution in [0.15, 0.2) is 30.6 Å². The first-order valence-corrected chi connectivity index (χ1v) is 11.7. The minimum absolute atomic E-state index is 0.247. The summed E-state index contributed by atoms with van der Waals surface area (Å²) in [4.78, 5) is 4.10. The quantitative estimate of drug-likeness (QED) is 0.816. The largest absolute Gasteiger partial charge is 0.265 e. The van der Waals surface area contributed by atoms with E-state index in [2.05, 4.69) is 14.4 Å². The molecule has 1 N–H and O–H groups in total. The minimum Gasteiger partial charge on any atom is -0.265 e. The summed E-state index contributed by atoms with van der Waals surface area (Å²) >= 11 is 0. The highest BCUT2D eigenvalue weighted by molar-refractivity contribution is 7.90. The van der Waals surface area contributed by atoms with Crippen LogP contribution in [0, 0.1) is 0 Å². The van der Waals surface area contributed by atoms with Gasteiger partial charge in [0.05, 0.1) is 29.2 Å². The number of pyridine rings is 1. The molecule has 146 valence electrons. The van der Waals surface area contributed by atoms with Crippen LogP contribution in [-0.4, -0.2) is 28.4 Å². The second kappa shape index (κ2) is 8.10. The zero-order chi connectivity index (χ0) is 18.7. The van der Waals surface area contributed by atoms with Gasteiger partial charge >= 0.3 is 0 Å². The third-order valence-electron chi connectivity index (χ3n) is 5.88. The standard InChI is InChI=1S/C20H28N4O2S/c25-27(26,19-8-2-1-3-9-19)22-15-17-14-20(16-10-12-21-13-11-16)24(23-17)18-6-4-5-7-18/h10-14,18-19,22H,1-9,15H2. The van der Waals surface area contributed by atoms with Crippen LogP contribution in [0.4, 0.5) is 0 Å². The van der Waals surface area contributed by atoms with Crippen LogP contribution in [0.2, 0.25) is 0 Å². The van der Waals surface area contributed by atoms with Crippen molar-refractivity contribution in [3.8, 4) is 11.3 Å². The molecule has 0 bridgehead atoms. The lowest BCUT2D eigenvalue weighted by Gasteiger charge is -2.21. The highest BCUT2D eigenvalue weighted by Gasteiger charge is 2.27. The van der Waals surface area contributed by atoms with Crippen LogP contribution in [0.25, 0.3) is 11.3 Å². The third-order valence-corrected chi connectivity index (χ3v) is 7.77. The second-order valence-corrected chi connectivity index (χ2v) is 9.81. The Morgan fingerprint density at radius 1 is 1.00 bits per heavy atom. The van der Waals surface area contributed by atoms with Gasteiger partial charge in [0.15, 0.2) is 0 Å². The fourth-order valence-corrected chi connectivity index (χ4v) is 5.90. The summed E-state index contributed by atoms with van der Waals surface area (Å²) in [6.07, 6.45) is 13.0. The highest BCUT2D eigenvalue weighted by atomic mass is 32.2. The average Bonchev–Trinajstić information content (AvgIpc) is 3.37. The van der Waals surface area contributed by atoms with Crippen molar-refractivity contribution >= 4 is 10.0 Å². The fraction of sp³-hybridized carbons (Fsp3) is 0.600. The Morgan fingerprint density at radius 3 is 2.37 bits per heavy atom. The Morgan fingerprint density at radius 2 is 1.67 bits per heavy atom. The first kappa shape index (κ1) is 18.6. The van der Waals surface area contributed by atoms with Crippen molar-refractivity contribution in [1.29, 1.82) is 0 Å². The Bertz CT molecular complexity index is 851. The molecule has 0 atom stereocenters. The molecule has 6 nitrogen and oxygen atoms in total. The molecule has 0 unspecified atom stereocenters. The van der Waals surface area contributed by atoms with E-state index in [1.807, 2.05) is 18.2 Å². The molecule has 0 radical (unpaired) electrons. The summed E-state index contributed by atoms with van der Waals surface area (Å²) in [7, 11) is -3.28. The van der Waals surface area contributed by atoms with Gasteiger partial charge in [0.2, 0.25) is 10.0 Å². The van der Waals surface area contributed by atoms with E-state index in [1.54, 1.807) is 12.4 Å². The molecule has 2 fully saturated rings. The van der Waals surface area contributed by atoms with Crippen LogP contribution >= 0.6 is 0 Å². The van der Waals surface area contributed by atoms with Gasteiger partial charge in [-0.05, 0) is 43.9 Å². The first-order valence-electron chi connectivity index (χ1n) is 10.1. The maximum absolute atomic E-state index is 12.6. The van der Waals surface area contributed by atoms with E-state index in [0.29, 0.717) is 6.04 Å². The van der Waals surface area contributed by atoms with Crippen molar-refractivity contribution in [3.05, 3.63) is 36.3 Å². The molecule has 2 aromatic heterocycles. The molecule has 2 heterocycles. The van der Waals surface area contributed by atoms with Crippen molar-refractivity contribution in [1.82, 2.24) is 19.5 Å². The van der Waals surface area contributed by atoms with E-state index in [9.17, 15) is 8.42 Å². The predicted octanol–water partition coefficient (Wildman–Crippen LogP) is 3.81. The van der Waals surface area contributed by atoms with E-state index in [1.165, 1.54) is 12.8 Å². The monoisotopic (exact) mass is 388 g/mol. The number of aromatic nitrogens is 3. The summed E-state index contributed by atoms with van der Waals surface area (Å²) in [6.45, 7) is 0.261. The molecule has 0 amide bonds. The number of hydrogen-bond acceptors (Lipinski definition) is 4. The lowest BCUT2D eigenvalue weighted by Crippen LogP contribution is -2.35. The van der Waals surface area contributed by atoms with Crippen LogP contribution in [-0.2, 0) is 16.6 Å². The van der Waals surface area contributed by atoms with Gasteiger partial charge in [-0.3, -0.25) is 9.67 Å². The second-order valence-electron chi connectivity index (χ2n) is 7.77. The molecule has 2 saturated carbocycles.